The molecule has 0 radical (unpaired) electrons. The highest BCUT2D eigenvalue weighted by Crippen LogP contribution is 2.37. The molecule has 31 heavy (non-hydrogen) atoms. The summed E-state index contributed by atoms with van der Waals surface area (Å²) in [7, 11) is 3.19. The van der Waals surface area contributed by atoms with E-state index in [-0.39, 0.29) is 24.4 Å². The van der Waals surface area contributed by atoms with E-state index >= 15 is 0 Å². The molecule has 2 aromatic rings. The first kappa shape index (κ1) is 22.6. The molecule has 166 valence electrons. The van der Waals surface area contributed by atoms with Crippen LogP contribution in [-0.2, 0) is 11.2 Å². The maximum Gasteiger partial charge on any atom is 0.254 e. The smallest absolute Gasteiger partial charge is 0.254 e. The van der Waals surface area contributed by atoms with Crippen LogP contribution in [0.1, 0.15) is 47.8 Å². The van der Waals surface area contributed by atoms with Gasteiger partial charge in [0, 0.05) is 18.7 Å². The predicted molar refractivity (Wildman–Crippen MR) is 116 cm³/mol. The van der Waals surface area contributed by atoms with Gasteiger partial charge in [0.1, 0.15) is 12.4 Å². The lowest BCUT2D eigenvalue weighted by Gasteiger charge is -2.37. The molecule has 1 aliphatic heterocycles. The van der Waals surface area contributed by atoms with E-state index in [1.165, 1.54) is 29.2 Å². The molecule has 0 bridgehead atoms. The highest BCUT2D eigenvalue weighted by atomic mass is 19.1. The normalized spacial score (nSPS) is 15.3. The molecular weight excluding hydrogens is 399 g/mol. The highest BCUT2D eigenvalue weighted by molar-refractivity contribution is 5.96. The number of methoxy groups -OCH3 is 2. The summed E-state index contributed by atoms with van der Waals surface area (Å²) in [4.78, 5) is 29.4. The van der Waals surface area contributed by atoms with E-state index in [0.717, 1.165) is 17.5 Å². The zero-order valence-corrected chi connectivity index (χ0v) is 18.5. The van der Waals surface area contributed by atoms with E-state index in [0.29, 0.717) is 36.6 Å². The van der Waals surface area contributed by atoms with Crippen LogP contribution in [0, 0.1) is 5.82 Å². The van der Waals surface area contributed by atoms with Crippen molar-refractivity contribution in [1.82, 2.24) is 9.80 Å². The number of carbonyl (C=O) groups excluding carboxylic acids is 2. The number of nitrogens with zero attached hydrogens (tertiary/aromatic N) is 2. The number of amides is 2. The van der Waals surface area contributed by atoms with Crippen LogP contribution in [0.4, 0.5) is 4.39 Å². The number of hydrogen-bond donors (Lipinski definition) is 0. The fraction of sp³-hybridized carbons (Fsp3) is 0.417. The zero-order valence-electron chi connectivity index (χ0n) is 18.5. The van der Waals surface area contributed by atoms with Gasteiger partial charge in [-0.3, -0.25) is 9.59 Å². The number of halogens is 1. The molecule has 0 saturated carbocycles. The molecule has 0 aromatic heterocycles. The quantitative estimate of drug-likeness (QED) is 0.672. The Kier molecular flexibility index (Phi) is 7.15. The largest absolute Gasteiger partial charge is 0.493 e. The Labute approximate surface area is 182 Å². The van der Waals surface area contributed by atoms with Crippen LogP contribution in [0.3, 0.4) is 0 Å². The Bertz CT molecular complexity index is 945. The maximum atomic E-state index is 13.2. The molecule has 0 saturated heterocycles. The first-order valence-corrected chi connectivity index (χ1v) is 10.5. The van der Waals surface area contributed by atoms with Gasteiger partial charge in [-0.2, -0.15) is 0 Å². The number of ether oxygens (including phenoxy) is 2. The summed E-state index contributed by atoms with van der Waals surface area (Å²) in [6.45, 7) is 4.93. The molecular formula is C24H29FN2O4. The van der Waals surface area contributed by atoms with Gasteiger partial charge in [-0.05, 0) is 67.3 Å². The number of fused-ring (bicyclic) bond motifs is 1. The molecule has 1 atom stereocenters. The van der Waals surface area contributed by atoms with Gasteiger partial charge in [-0.1, -0.05) is 6.92 Å². The maximum absolute atomic E-state index is 13.2. The Morgan fingerprint density at radius 2 is 1.77 bits per heavy atom. The lowest BCUT2D eigenvalue weighted by Crippen LogP contribution is -2.46. The lowest BCUT2D eigenvalue weighted by atomic mass is 9.92. The van der Waals surface area contributed by atoms with Crippen molar-refractivity contribution in [1.29, 1.82) is 0 Å². The molecule has 0 N–H and O–H groups in total. The van der Waals surface area contributed by atoms with Crippen LogP contribution >= 0.6 is 0 Å². The van der Waals surface area contributed by atoms with E-state index < -0.39 is 5.82 Å². The van der Waals surface area contributed by atoms with Gasteiger partial charge < -0.3 is 19.3 Å². The highest BCUT2D eigenvalue weighted by Gasteiger charge is 2.30. The molecule has 1 heterocycles. The number of rotatable bonds is 7. The van der Waals surface area contributed by atoms with E-state index in [9.17, 15) is 14.0 Å². The SMILES string of the molecule is CCCN(CC(=O)N1CCc2cc(OC)c(OC)cc2C1C)C(=O)c1ccc(F)cc1. The van der Waals surface area contributed by atoms with Crippen LogP contribution < -0.4 is 9.47 Å². The fourth-order valence-corrected chi connectivity index (χ4v) is 4.04. The molecule has 2 amide bonds. The van der Waals surface area contributed by atoms with E-state index in [1.807, 2.05) is 26.0 Å². The monoisotopic (exact) mass is 428 g/mol. The molecule has 1 aliphatic rings. The Morgan fingerprint density at radius 3 is 2.39 bits per heavy atom. The van der Waals surface area contributed by atoms with Crippen molar-refractivity contribution in [3.63, 3.8) is 0 Å². The summed E-state index contributed by atoms with van der Waals surface area (Å²) < 4.78 is 24.0. The van der Waals surface area contributed by atoms with Gasteiger partial charge in [-0.25, -0.2) is 4.39 Å². The van der Waals surface area contributed by atoms with Crippen molar-refractivity contribution in [3.05, 3.63) is 58.9 Å². The molecule has 0 fully saturated rings. The number of hydrogen-bond acceptors (Lipinski definition) is 4. The van der Waals surface area contributed by atoms with Gasteiger partial charge in [-0.15, -0.1) is 0 Å². The Hall–Kier alpha value is -3.09. The summed E-state index contributed by atoms with van der Waals surface area (Å²) in [5, 5.41) is 0. The molecule has 7 heteroatoms. The van der Waals surface area contributed by atoms with Crippen molar-refractivity contribution >= 4 is 11.8 Å². The van der Waals surface area contributed by atoms with Gasteiger partial charge in [0.2, 0.25) is 5.91 Å². The molecule has 0 aliphatic carbocycles. The number of benzene rings is 2. The molecule has 3 rings (SSSR count). The van der Waals surface area contributed by atoms with Crippen molar-refractivity contribution in [2.75, 3.05) is 33.9 Å². The minimum atomic E-state index is -0.400. The van der Waals surface area contributed by atoms with Crippen molar-refractivity contribution in [2.45, 2.75) is 32.7 Å². The summed E-state index contributed by atoms with van der Waals surface area (Å²) >= 11 is 0. The van der Waals surface area contributed by atoms with Gasteiger partial charge in [0.15, 0.2) is 11.5 Å². The summed E-state index contributed by atoms with van der Waals surface area (Å²) in [6, 6.07) is 9.14. The van der Waals surface area contributed by atoms with E-state index in [1.54, 1.807) is 19.1 Å². The van der Waals surface area contributed by atoms with Gasteiger partial charge in [0.25, 0.3) is 5.91 Å². The standard InChI is InChI=1S/C24H29FN2O4/c1-5-11-26(24(29)17-6-8-19(25)9-7-17)15-23(28)27-12-10-18-13-21(30-3)22(31-4)14-20(18)16(27)2/h6-9,13-14,16H,5,10-12,15H2,1-4H3. The summed E-state index contributed by atoms with van der Waals surface area (Å²) in [5.74, 6) is 0.514. The second-order valence-corrected chi connectivity index (χ2v) is 7.65. The minimum Gasteiger partial charge on any atom is -0.493 e. The average molecular weight is 429 g/mol. The molecule has 6 nitrogen and oxygen atoms in total. The average Bonchev–Trinajstić information content (AvgIpc) is 2.78. The van der Waals surface area contributed by atoms with Crippen molar-refractivity contribution in [2.24, 2.45) is 0 Å². The first-order valence-electron chi connectivity index (χ1n) is 10.5. The van der Waals surface area contributed by atoms with Gasteiger partial charge >= 0.3 is 0 Å². The van der Waals surface area contributed by atoms with Crippen LogP contribution in [0.2, 0.25) is 0 Å². The second-order valence-electron chi connectivity index (χ2n) is 7.65. The van der Waals surface area contributed by atoms with E-state index in [2.05, 4.69) is 0 Å². The molecule has 0 spiro atoms. The predicted octanol–water partition coefficient (Wildman–Crippen LogP) is 3.84. The zero-order chi connectivity index (χ0) is 22.5. The van der Waals surface area contributed by atoms with Crippen LogP contribution in [-0.4, -0.2) is 55.5 Å². The molecule has 2 aromatic carbocycles. The third kappa shape index (κ3) is 4.81. The fourth-order valence-electron chi connectivity index (χ4n) is 4.04. The summed E-state index contributed by atoms with van der Waals surface area (Å²) in [6.07, 6.45) is 1.42. The van der Waals surface area contributed by atoms with Crippen LogP contribution in [0.25, 0.3) is 0 Å². The first-order chi connectivity index (χ1) is 14.9. The van der Waals surface area contributed by atoms with Gasteiger partial charge in [0.05, 0.1) is 20.3 Å². The van der Waals surface area contributed by atoms with Crippen molar-refractivity contribution < 1.29 is 23.5 Å². The Balaban J connectivity index is 1.78. The third-order valence-electron chi connectivity index (χ3n) is 5.70. The van der Waals surface area contributed by atoms with Crippen molar-refractivity contribution in [3.8, 4) is 11.5 Å². The van der Waals surface area contributed by atoms with Crippen LogP contribution in [0.5, 0.6) is 11.5 Å². The minimum absolute atomic E-state index is 0.0169. The van der Waals surface area contributed by atoms with E-state index in [4.69, 9.17) is 9.47 Å². The topological polar surface area (TPSA) is 59.1 Å². The summed E-state index contributed by atoms with van der Waals surface area (Å²) in [5.41, 5.74) is 2.52. The lowest BCUT2D eigenvalue weighted by molar-refractivity contribution is -0.134. The second kappa shape index (κ2) is 9.81. The third-order valence-corrected chi connectivity index (χ3v) is 5.70. The molecule has 1 unspecified atom stereocenters. The van der Waals surface area contributed by atoms with Crippen LogP contribution in [0.15, 0.2) is 36.4 Å². The number of carbonyl (C=O) groups is 2. The Morgan fingerprint density at radius 1 is 1.13 bits per heavy atom.